The number of nitrogens with two attached hydrogens (primary N) is 1. The Hall–Kier alpha value is -2.42. The van der Waals surface area contributed by atoms with Gasteiger partial charge in [0.05, 0.1) is 0 Å². The fraction of sp³-hybridized carbons (Fsp3) is 0.385. The van der Waals surface area contributed by atoms with Gasteiger partial charge in [0.25, 0.3) is 11.5 Å². The van der Waals surface area contributed by atoms with Gasteiger partial charge in [0.2, 0.25) is 0 Å². The summed E-state index contributed by atoms with van der Waals surface area (Å²) in [6.07, 6.45) is 3.11. The average molecular weight is 323 g/mol. The monoisotopic (exact) mass is 323 g/mol. The molecule has 0 unspecified atom stereocenters. The van der Waals surface area contributed by atoms with E-state index in [1.54, 1.807) is 5.38 Å². The van der Waals surface area contributed by atoms with Gasteiger partial charge in [-0.25, -0.2) is 9.78 Å². The topological polar surface area (TPSA) is 112 Å². The molecule has 0 radical (unpaired) electrons. The van der Waals surface area contributed by atoms with Gasteiger partial charge in [-0.2, -0.15) is 0 Å². The van der Waals surface area contributed by atoms with Crippen molar-refractivity contribution in [3.8, 4) is 0 Å². The molecule has 9 heteroatoms. The second-order valence-electron chi connectivity index (χ2n) is 4.70. The van der Waals surface area contributed by atoms with Gasteiger partial charge < -0.3 is 5.73 Å². The normalized spacial score (nSPS) is 10.6. The lowest BCUT2D eigenvalue weighted by atomic mass is 10.2. The maximum atomic E-state index is 12.3. The standard InChI is InChI=1S/C13H17N5O3S/c1-3-4-6-18-9(14)8(11(20)17(2)13(18)21)10(19)16-12-15-5-7-22-12/h5,7H,3-4,6,14H2,1-2H3,(H,15,16,19). The molecule has 2 rings (SSSR count). The second kappa shape index (κ2) is 6.56. The predicted molar refractivity (Wildman–Crippen MR) is 85.3 cm³/mol. The lowest BCUT2D eigenvalue weighted by Crippen LogP contribution is -2.43. The van der Waals surface area contributed by atoms with E-state index in [9.17, 15) is 14.4 Å². The number of carbonyl (C=O) groups is 1. The molecule has 8 nitrogen and oxygen atoms in total. The Bertz CT molecular complexity index is 791. The zero-order valence-electron chi connectivity index (χ0n) is 12.3. The smallest absolute Gasteiger partial charge is 0.332 e. The Morgan fingerprint density at radius 3 is 2.77 bits per heavy atom. The van der Waals surface area contributed by atoms with Crippen molar-refractivity contribution in [3.63, 3.8) is 0 Å². The summed E-state index contributed by atoms with van der Waals surface area (Å²) in [5.74, 6) is -0.783. The summed E-state index contributed by atoms with van der Waals surface area (Å²) in [7, 11) is 1.33. The van der Waals surface area contributed by atoms with Gasteiger partial charge in [0.1, 0.15) is 11.4 Å². The third-order valence-corrected chi connectivity index (χ3v) is 3.89. The van der Waals surface area contributed by atoms with Crippen LogP contribution in [0, 0.1) is 0 Å². The molecule has 0 atom stereocenters. The SMILES string of the molecule is CCCCn1c(N)c(C(=O)Nc2nccs2)c(=O)n(C)c1=O. The lowest BCUT2D eigenvalue weighted by Gasteiger charge is -2.14. The summed E-state index contributed by atoms with van der Waals surface area (Å²) in [6, 6.07) is 0. The van der Waals surface area contributed by atoms with Crippen LogP contribution in [0.5, 0.6) is 0 Å². The van der Waals surface area contributed by atoms with Crippen molar-refractivity contribution in [1.82, 2.24) is 14.1 Å². The number of hydrogen-bond acceptors (Lipinski definition) is 6. The van der Waals surface area contributed by atoms with Gasteiger partial charge in [0.15, 0.2) is 5.13 Å². The Morgan fingerprint density at radius 1 is 1.45 bits per heavy atom. The maximum absolute atomic E-state index is 12.3. The first-order valence-electron chi connectivity index (χ1n) is 6.77. The number of anilines is 2. The van der Waals surface area contributed by atoms with E-state index in [0.717, 1.165) is 17.4 Å². The molecule has 2 aromatic rings. The number of hydrogen-bond donors (Lipinski definition) is 2. The van der Waals surface area contributed by atoms with E-state index in [1.165, 1.54) is 29.1 Å². The average Bonchev–Trinajstić information content (AvgIpc) is 2.98. The molecule has 0 fully saturated rings. The maximum Gasteiger partial charge on any atom is 0.332 e. The van der Waals surface area contributed by atoms with Crippen molar-refractivity contribution in [3.05, 3.63) is 38.0 Å². The summed E-state index contributed by atoms with van der Waals surface area (Å²) in [5, 5.41) is 4.56. The van der Waals surface area contributed by atoms with Gasteiger partial charge in [-0.05, 0) is 6.42 Å². The highest BCUT2D eigenvalue weighted by atomic mass is 32.1. The molecule has 0 bridgehead atoms. The number of thiazole rings is 1. The van der Waals surface area contributed by atoms with Crippen LogP contribution in [0.1, 0.15) is 30.1 Å². The van der Waals surface area contributed by atoms with Crippen molar-refractivity contribution in [1.29, 1.82) is 0 Å². The Kier molecular flexibility index (Phi) is 4.76. The fourth-order valence-electron chi connectivity index (χ4n) is 1.97. The van der Waals surface area contributed by atoms with E-state index in [0.29, 0.717) is 11.7 Å². The van der Waals surface area contributed by atoms with Gasteiger partial charge in [-0.1, -0.05) is 13.3 Å². The summed E-state index contributed by atoms with van der Waals surface area (Å²) < 4.78 is 2.14. The molecule has 0 aliphatic rings. The van der Waals surface area contributed by atoms with Crippen molar-refractivity contribution < 1.29 is 4.79 Å². The van der Waals surface area contributed by atoms with E-state index in [4.69, 9.17) is 5.73 Å². The highest BCUT2D eigenvalue weighted by molar-refractivity contribution is 7.13. The number of carbonyl (C=O) groups excluding carboxylic acids is 1. The lowest BCUT2D eigenvalue weighted by molar-refractivity contribution is 0.102. The number of nitrogens with one attached hydrogen (secondary N) is 1. The highest BCUT2D eigenvalue weighted by Gasteiger charge is 2.21. The number of rotatable bonds is 5. The number of nitrogens with zero attached hydrogens (tertiary/aromatic N) is 3. The molecule has 1 amide bonds. The third-order valence-electron chi connectivity index (χ3n) is 3.20. The summed E-state index contributed by atoms with van der Waals surface area (Å²) in [6.45, 7) is 2.33. The van der Waals surface area contributed by atoms with Gasteiger partial charge >= 0.3 is 5.69 Å². The van der Waals surface area contributed by atoms with E-state index in [2.05, 4.69) is 10.3 Å². The van der Waals surface area contributed by atoms with Crippen molar-refractivity contribution in [2.45, 2.75) is 26.3 Å². The second-order valence-corrected chi connectivity index (χ2v) is 5.60. The van der Waals surface area contributed by atoms with Gasteiger partial charge in [-0.3, -0.25) is 24.0 Å². The molecule has 22 heavy (non-hydrogen) atoms. The Morgan fingerprint density at radius 2 is 2.18 bits per heavy atom. The van der Waals surface area contributed by atoms with Gasteiger partial charge in [-0.15, -0.1) is 11.3 Å². The van der Waals surface area contributed by atoms with Crippen LogP contribution in [0.25, 0.3) is 0 Å². The molecule has 0 saturated heterocycles. The fourth-order valence-corrected chi connectivity index (χ4v) is 2.50. The van der Waals surface area contributed by atoms with Crippen LogP contribution in [-0.4, -0.2) is 20.0 Å². The summed E-state index contributed by atoms with van der Waals surface area (Å²) in [5.41, 5.74) is 4.41. The first-order chi connectivity index (χ1) is 10.5. The largest absolute Gasteiger partial charge is 0.384 e. The number of nitrogen functional groups attached to an aromatic ring is 1. The molecular formula is C13H17N5O3S. The van der Waals surface area contributed by atoms with Crippen molar-refractivity contribution in [2.24, 2.45) is 7.05 Å². The minimum absolute atomic E-state index is 0.115. The number of aromatic nitrogens is 3. The molecule has 2 aromatic heterocycles. The molecule has 2 heterocycles. The van der Waals surface area contributed by atoms with E-state index in [-0.39, 0.29) is 11.4 Å². The van der Waals surface area contributed by atoms with E-state index in [1.807, 2.05) is 6.92 Å². The Balaban J connectivity index is 2.50. The van der Waals surface area contributed by atoms with Crippen LogP contribution >= 0.6 is 11.3 Å². The molecule has 0 aromatic carbocycles. The minimum atomic E-state index is -0.718. The third kappa shape index (κ3) is 2.93. The van der Waals surface area contributed by atoms with E-state index >= 15 is 0 Å². The molecule has 0 spiro atoms. The zero-order valence-corrected chi connectivity index (χ0v) is 13.1. The van der Waals surface area contributed by atoms with Crippen LogP contribution in [0.4, 0.5) is 10.9 Å². The molecule has 118 valence electrons. The molecule has 3 N–H and O–H groups in total. The van der Waals surface area contributed by atoms with Crippen LogP contribution < -0.4 is 22.3 Å². The molecular weight excluding hydrogens is 306 g/mol. The van der Waals surface area contributed by atoms with Crippen molar-refractivity contribution >= 4 is 28.2 Å². The highest BCUT2D eigenvalue weighted by Crippen LogP contribution is 2.13. The van der Waals surface area contributed by atoms with Crippen LogP contribution in [0.2, 0.25) is 0 Å². The zero-order chi connectivity index (χ0) is 16.3. The first kappa shape index (κ1) is 16.0. The quantitative estimate of drug-likeness (QED) is 0.838. The summed E-state index contributed by atoms with van der Waals surface area (Å²) in [4.78, 5) is 40.5. The number of amides is 1. The Labute approximate surface area is 130 Å². The van der Waals surface area contributed by atoms with Gasteiger partial charge in [0, 0.05) is 25.2 Å². The molecule has 0 saturated carbocycles. The molecule has 0 aliphatic carbocycles. The first-order valence-corrected chi connectivity index (χ1v) is 7.65. The van der Waals surface area contributed by atoms with Crippen LogP contribution in [0.15, 0.2) is 21.2 Å². The number of unbranched alkanes of at least 4 members (excludes halogenated alkanes) is 1. The van der Waals surface area contributed by atoms with Crippen LogP contribution in [-0.2, 0) is 13.6 Å². The predicted octanol–water partition coefficient (Wildman–Crippen LogP) is 0.638. The van der Waals surface area contributed by atoms with E-state index < -0.39 is 17.2 Å². The van der Waals surface area contributed by atoms with Crippen LogP contribution in [0.3, 0.4) is 0 Å². The summed E-state index contributed by atoms with van der Waals surface area (Å²) >= 11 is 1.22. The van der Waals surface area contributed by atoms with Crippen molar-refractivity contribution in [2.75, 3.05) is 11.1 Å². The molecule has 0 aliphatic heterocycles. The minimum Gasteiger partial charge on any atom is -0.384 e.